The summed E-state index contributed by atoms with van der Waals surface area (Å²) in [6.45, 7) is 4.86. The van der Waals surface area contributed by atoms with Crippen LogP contribution in [0.5, 0.6) is 0 Å². The minimum absolute atomic E-state index is 0.00618. The number of aryl methyl sites for hydroxylation is 2. The molecule has 2 amide bonds. The van der Waals surface area contributed by atoms with Crippen molar-refractivity contribution in [2.45, 2.75) is 33.2 Å². The van der Waals surface area contributed by atoms with Gasteiger partial charge in [0.25, 0.3) is 0 Å². The number of carbonyl (C=O) groups is 2. The summed E-state index contributed by atoms with van der Waals surface area (Å²) in [5.74, 6) is -0.446. The summed E-state index contributed by atoms with van der Waals surface area (Å²) in [4.78, 5) is 35.9. The number of amides is 2. The quantitative estimate of drug-likeness (QED) is 0.659. The lowest BCUT2D eigenvalue weighted by atomic mass is 10.0. The Morgan fingerprint density at radius 3 is 2.93 bits per heavy atom. The highest BCUT2D eigenvalue weighted by Crippen LogP contribution is 2.31. The van der Waals surface area contributed by atoms with Crippen molar-refractivity contribution < 1.29 is 9.59 Å². The number of hydrogen-bond acceptors (Lipinski definition) is 5. The third-order valence-electron chi connectivity index (χ3n) is 5.37. The van der Waals surface area contributed by atoms with Crippen molar-refractivity contribution in [3.63, 3.8) is 0 Å². The summed E-state index contributed by atoms with van der Waals surface area (Å²) in [5, 5.41) is 5.77. The van der Waals surface area contributed by atoms with Crippen LogP contribution in [0.4, 0.5) is 5.69 Å². The minimum atomic E-state index is -0.349. The third-order valence-corrected chi connectivity index (χ3v) is 6.31. The molecular weight excluding hydrogens is 396 g/mol. The van der Waals surface area contributed by atoms with E-state index in [1.807, 2.05) is 42.6 Å². The number of benzene rings is 1. The van der Waals surface area contributed by atoms with Crippen LogP contribution in [0, 0.1) is 12.8 Å². The maximum atomic E-state index is 12.7. The number of carbonyl (C=O) groups excluding carboxylic acids is 2. The van der Waals surface area contributed by atoms with Gasteiger partial charge in [-0.25, -0.2) is 4.98 Å². The van der Waals surface area contributed by atoms with E-state index in [9.17, 15) is 9.59 Å². The van der Waals surface area contributed by atoms with Gasteiger partial charge in [-0.15, -0.1) is 11.3 Å². The lowest BCUT2D eigenvalue weighted by molar-refractivity contribution is -0.126. The van der Waals surface area contributed by atoms with Gasteiger partial charge in [0.2, 0.25) is 11.8 Å². The SMILES string of the molecule is CCc1cccc(C)c1N1CC(C(=O)NCc2csc(-c3cccnc3)n2)CC1=O. The van der Waals surface area contributed by atoms with Crippen LogP contribution in [0.3, 0.4) is 0 Å². The first-order valence-electron chi connectivity index (χ1n) is 10.1. The van der Waals surface area contributed by atoms with E-state index < -0.39 is 0 Å². The second-order valence-electron chi connectivity index (χ2n) is 7.45. The average Bonchev–Trinajstić information content (AvgIpc) is 3.39. The maximum Gasteiger partial charge on any atom is 0.227 e. The number of rotatable bonds is 6. The van der Waals surface area contributed by atoms with Crippen molar-refractivity contribution in [1.82, 2.24) is 15.3 Å². The van der Waals surface area contributed by atoms with E-state index in [-0.39, 0.29) is 24.2 Å². The summed E-state index contributed by atoms with van der Waals surface area (Å²) in [5.41, 5.74) is 4.92. The van der Waals surface area contributed by atoms with Crippen LogP contribution in [0.2, 0.25) is 0 Å². The number of hydrogen-bond donors (Lipinski definition) is 1. The van der Waals surface area contributed by atoms with Gasteiger partial charge < -0.3 is 10.2 Å². The molecular formula is C23H24N4O2S. The molecule has 2 aromatic heterocycles. The Labute approximate surface area is 180 Å². The fourth-order valence-electron chi connectivity index (χ4n) is 3.82. The smallest absolute Gasteiger partial charge is 0.227 e. The molecule has 30 heavy (non-hydrogen) atoms. The van der Waals surface area contributed by atoms with E-state index in [4.69, 9.17) is 0 Å². The summed E-state index contributed by atoms with van der Waals surface area (Å²) < 4.78 is 0. The molecule has 1 aliphatic heterocycles. The molecule has 1 aromatic carbocycles. The molecule has 0 aliphatic carbocycles. The maximum absolute atomic E-state index is 12.7. The molecule has 1 atom stereocenters. The number of anilines is 1. The summed E-state index contributed by atoms with van der Waals surface area (Å²) in [7, 11) is 0. The number of pyridine rings is 1. The zero-order valence-corrected chi connectivity index (χ0v) is 17.9. The first-order valence-corrected chi connectivity index (χ1v) is 11.0. The van der Waals surface area contributed by atoms with Crippen LogP contribution in [-0.4, -0.2) is 28.3 Å². The predicted octanol–water partition coefficient (Wildman–Crippen LogP) is 3.75. The lowest BCUT2D eigenvalue weighted by Gasteiger charge is -2.22. The fourth-order valence-corrected chi connectivity index (χ4v) is 4.63. The Hall–Kier alpha value is -3.06. The molecule has 154 valence electrons. The molecule has 1 aliphatic rings. The second kappa shape index (κ2) is 8.75. The molecule has 0 saturated carbocycles. The van der Waals surface area contributed by atoms with Crippen molar-refractivity contribution >= 4 is 28.8 Å². The molecule has 0 spiro atoms. The van der Waals surface area contributed by atoms with Gasteiger partial charge in [-0.3, -0.25) is 14.6 Å². The Morgan fingerprint density at radius 2 is 2.17 bits per heavy atom. The molecule has 1 N–H and O–H groups in total. The van der Waals surface area contributed by atoms with Crippen molar-refractivity contribution in [2.75, 3.05) is 11.4 Å². The topological polar surface area (TPSA) is 75.2 Å². The van der Waals surface area contributed by atoms with Gasteiger partial charge in [-0.2, -0.15) is 0 Å². The number of para-hydroxylation sites is 1. The highest BCUT2D eigenvalue weighted by molar-refractivity contribution is 7.13. The first kappa shape index (κ1) is 20.2. The van der Waals surface area contributed by atoms with Gasteiger partial charge >= 0.3 is 0 Å². The minimum Gasteiger partial charge on any atom is -0.350 e. The van der Waals surface area contributed by atoms with Crippen molar-refractivity contribution in [1.29, 1.82) is 0 Å². The normalized spacial score (nSPS) is 16.1. The molecule has 7 heteroatoms. The monoisotopic (exact) mass is 420 g/mol. The third kappa shape index (κ3) is 4.11. The number of nitrogens with one attached hydrogen (secondary N) is 1. The average molecular weight is 421 g/mol. The zero-order chi connectivity index (χ0) is 21.1. The Kier molecular flexibility index (Phi) is 5.90. The second-order valence-corrected chi connectivity index (χ2v) is 8.30. The zero-order valence-electron chi connectivity index (χ0n) is 17.1. The van der Waals surface area contributed by atoms with Crippen LogP contribution in [0.15, 0.2) is 48.1 Å². The van der Waals surface area contributed by atoms with Gasteiger partial charge in [0.15, 0.2) is 0 Å². The molecule has 3 aromatic rings. The lowest BCUT2D eigenvalue weighted by Crippen LogP contribution is -2.33. The predicted molar refractivity (Wildman–Crippen MR) is 118 cm³/mol. The summed E-state index contributed by atoms with van der Waals surface area (Å²) >= 11 is 1.53. The molecule has 1 unspecified atom stereocenters. The van der Waals surface area contributed by atoms with E-state index in [1.165, 1.54) is 11.3 Å². The molecule has 3 heterocycles. The van der Waals surface area contributed by atoms with E-state index in [2.05, 4.69) is 22.2 Å². The Morgan fingerprint density at radius 1 is 1.30 bits per heavy atom. The van der Waals surface area contributed by atoms with Gasteiger partial charge in [-0.05, 0) is 36.6 Å². The van der Waals surface area contributed by atoms with Crippen LogP contribution < -0.4 is 10.2 Å². The highest BCUT2D eigenvalue weighted by Gasteiger charge is 2.36. The summed E-state index contributed by atoms with van der Waals surface area (Å²) in [6, 6.07) is 9.90. The number of nitrogens with zero attached hydrogens (tertiary/aromatic N) is 3. The fraction of sp³-hybridized carbons (Fsp3) is 0.304. The Balaban J connectivity index is 1.40. The van der Waals surface area contributed by atoms with Gasteiger partial charge in [0.05, 0.1) is 18.2 Å². The number of thiazole rings is 1. The molecule has 1 saturated heterocycles. The van der Waals surface area contributed by atoms with Gasteiger partial charge in [0.1, 0.15) is 5.01 Å². The molecule has 6 nitrogen and oxygen atoms in total. The standard InChI is InChI=1S/C23H24N4O2S/c1-3-16-7-4-6-15(2)21(16)27-13-18(10-20(27)28)22(29)25-12-19-14-30-23(26-19)17-8-5-9-24-11-17/h4-9,11,14,18H,3,10,12-13H2,1-2H3,(H,25,29). The highest BCUT2D eigenvalue weighted by atomic mass is 32.1. The van der Waals surface area contributed by atoms with Crippen LogP contribution in [0.1, 0.15) is 30.2 Å². The number of aromatic nitrogens is 2. The van der Waals surface area contributed by atoms with Gasteiger partial charge in [-0.1, -0.05) is 25.1 Å². The molecule has 4 rings (SSSR count). The largest absolute Gasteiger partial charge is 0.350 e. The molecule has 0 bridgehead atoms. The van der Waals surface area contributed by atoms with E-state index in [0.29, 0.717) is 13.1 Å². The van der Waals surface area contributed by atoms with Crippen LogP contribution >= 0.6 is 11.3 Å². The van der Waals surface area contributed by atoms with Crippen LogP contribution in [0.25, 0.3) is 10.6 Å². The molecule has 0 radical (unpaired) electrons. The van der Waals surface area contributed by atoms with E-state index >= 15 is 0 Å². The van der Waals surface area contributed by atoms with Crippen LogP contribution in [-0.2, 0) is 22.6 Å². The van der Waals surface area contributed by atoms with Gasteiger partial charge in [0, 0.05) is 42.0 Å². The summed E-state index contributed by atoms with van der Waals surface area (Å²) in [6.07, 6.45) is 4.59. The van der Waals surface area contributed by atoms with Crippen molar-refractivity contribution in [2.24, 2.45) is 5.92 Å². The molecule has 1 fully saturated rings. The van der Waals surface area contributed by atoms with Crippen molar-refractivity contribution in [3.8, 4) is 10.6 Å². The van der Waals surface area contributed by atoms with Crippen molar-refractivity contribution in [3.05, 3.63) is 64.9 Å². The van der Waals surface area contributed by atoms with E-state index in [0.717, 1.165) is 39.5 Å². The first-order chi connectivity index (χ1) is 14.6. The Bertz CT molecular complexity index is 1060. The van der Waals surface area contributed by atoms with E-state index in [1.54, 1.807) is 17.3 Å².